The number of anilines is 1. The molecule has 3 rings (SSSR count). The van der Waals surface area contributed by atoms with Crippen LogP contribution < -0.4 is 19.7 Å². The number of ether oxygens (including phenoxy) is 2. The Bertz CT molecular complexity index is 816. The number of halogens is 1. The van der Waals surface area contributed by atoms with Crippen LogP contribution in [0, 0.1) is 0 Å². The van der Waals surface area contributed by atoms with Crippen molar-refractivity contribution in [3.05, 3.63) is 53.1 Å². The minimum absolute atomic E-state index is 0.124. The first-order valence-corrected chi connectivity index (χ1v) is 8.97. The second kappa shape index (κ2) is 8.41. The van der Waals surface area contributed by atoms with E-state index in [0.29, 0.717) is 28.8 Å². The number of nitrogens with one attached hydrogen (secondary N) is 1. The molecule has 0 radical (unpaired) electrons. The van der Waals surface area contributed by atoms with Gasteiger partial charge >= 0.3 is 0 Å². The molecule has 1 fully saturated rings. The van der Waals surface area contributed by atoms with Gasteiger partial charge in [0.1, 0.15) is 11.5 Å². The van der Waals surface area contributed by atoms with Gasteiger partial charge < -0.3 is 14.8 Å². The van der Waals surface area contributed by atoms with Gasteiger partial charge in [0.2, 0.25) is 5.91 Å². The number of methoxy groups -OCH3 is 2. The Morgan fingerprint density at radius 1 is 1.07 bits per heavy atom. The fourth-order valence-electron chi connectivity index (χ4n) is 3.03. The van der Waals surface area contributed by atoms with E-state index in [0.717, 1.165) is 12.0 Å². The summed E-state index contributed by atoms with van der Waals surface area (Å²) in [5, 5.41) is 3.86. The standard InChI is InChI=1S/C20H21ClN2O4/c1-26-16-9-15(10-17(11-16)27-2)23-19(24)12-18(20(23)25)22-8-7-13-3-5-14(21)6-4-13/h3-6,9-11,18,22H,7-8,12H2,1-2H3. The van der Waals surface area contributed by atoms with Crippen LogP contribution in [-0.2, 0) is 16.0 Å². The van der Waals surface area contributed by atoms with Gasteiger partial charge in [-0.05, 0) is 30.7 Å². The van der Waals surface area contributed by atoms with E-state index < -0.39 is 6.04 Å². The lowest BCUT2D eigenvalue weighted by Crippen LogP contribution is -2.39. The highest BCUT2D eigenvalue weighted by Crippen LogP contribution is 2.31. The van der Waals surface area contributed by atoms with Gasteiger partial charge in [0, 0.05) is 23.2 Å². The number of hydrogen-bond donors (Lipinski definition) is 1. The maximum absolute atomic E-state index is 12.7. The van der Waals surface area contributed by atoms with Crippen molar-refractivity contribution in [1.82, 2.24) is 5.32 Å². The van der Waals surface area contributed by atoms with Gasteiger partial charge in [0.15, 0.2) is 0 Å². The molecule has 27 heavy (non-hydrogen) atoms. The van der Waals surface area contributed by atoms with Crippen molar-refractivity contribution in [1.29, 1.82) is 0 Å². The first-order valence-electron chi connectivity index (χ1n) is 8.59. The Morgan fingerprint density at radius 3 is 2.30 bits per heavy atom. The Hall–Kier alpha value is -2.57. The summed E-state index contributed by atoms with van der Waals surface area (Å²) in [5.41, 5.74) is 1.56. The molecule has 1 atom stereocenters. The van der Waals surface area contributed by atoms with Gasteiger partial charge in [-0.2, -0.15) is 0 Å². The highest BCUT2D eigenvalue weighted by atomic mass is 35.5. The Kier molecular flexibility index (Phi) is 5.98. The van der Waals surface area contributed by atoms with E-state index >= 15 is 0 Å². The minimum Gasteiger partial charge on any atom is -0.497 e. The lowest BCUT2D eigenvalue weighted by atomic mass is 10.1. The molecule has 1 aliphatic rings. The predicted octanol–water partition coefficient (Wildman–Crippen LogP) is 2.82. The third-order valence-electron chi connectivity index (χ3n) is 4.46. The zero-order valence-corrected chi connectivity index (χ0v) is 16.0. The topological polar surface area (TPSA) is 67.9 Å². The number of amides is 2. The van der Waals surface area contributed by atoms with E-state index in [-0.39, 0.29) is 18.2 Å². The Labute approximate surface area is 163 Å². The maximum Gasteiger partial charge on any atom is 0.251 e. The molecule has 6 nitrogen and oxygen atoms in total. The van der Waals surface area contributed by atoms with Crippen LogP contribution in [0.25, 0.3) is 0 Å². The molecular formula is C20H21ClN2O4. The van der Waals surface area contributed by atoms with Crippen LogP contribution in [0.2, 0.25) is 5.02 Å². The average molecular weight is 389 g/mol. The van der Waals surface area contributed by atoms with Crippen LogP contribution in [0.3, 0.4) is 0 Å². The van der Waals surface area contributed by atoms with Crippen molar-refractivity contribution in [2.24, 2.45) is 0 Å². The lowest BCUT2D eigenvalue weighted by molar-refractivity contribution is -0.121. The van der Waals surface area contributed by atoms with E-state index in [9.17, 15) is 9.59 Å². The molecule has 1 N–H and O–H groups in total. The molecule has 1 heterocycles. The summed E-state index contributed by atoms with van der Waals surface area (Å²) in [6.45, 7) is 0.584. The number of imide groups is 1. The molecule has 1 aliphatic heterocycles. The number of carbonyl (C=O) groups excluding carboxylic acids is 2. The monoisotopic (exact) mass is 388 g/mol. The molecule has 2 amide bonds. The molecule has 1 unspecified atom stereocenters. The summed E-state index contributed by atoms with van der Waals surface area (Å²) in [4.78, 5) is 26.4. The van der Waals surface area contributed by atoms with Gasteiger partial charge in [0.05, 0.1) is 32.4 Å². The predicted molar refractivity (Wildman–Crippen MR) is 104 cm³/mol. The van der Waals surface area contributed by atoms with Gasteiger partial charge in [-0.25, -0.2) is 4.90 Å². The van der Waals surface area contributed by atoms with Crippen molar-refractivity contribution >= 4 is 29.1 Å². The summed E-state index contributed by atoms with van der Waals surface area (Å²) in [6, 6.07) is 12.0. The fourth-order valence-corrected chi connectivity index (χ4v) is 3.15. The SMILES string of the molecule is COc1cc(OC)cc(N2C(=O)CC(NCCc3ccc(Cl)cc3)C2=O)c1. The van der Waals surface area contributed by atoms with E-state index in [2.05, 4.69) is 5.32 Å². The summed E-state index contributed by atoms with van der Waals surface area (Å²) in [7, 11) is 3.04. The number of nitrogens with zero attached hydrogens (tertiary/aromatic N) is 1. The molecule has 0 saturated carbocycles. The van der Waals surface area contributed by atoms with Gasteiger partial charge in [-0.15, -0.1) is 0 Å². The quantitative estimate of drug-likeness (QED) is 0.739. The molecule has 7 heteroatoms. The van der Waals surface area contributed by atoms with E-state index in [1.54, 1.807) is 18.2 Å². The van der Waals surface area contributed by atoms with Crippen LogP contribution in [-0.4, -0.2) is 38.6 Å². The zero-order valence-electron chi connectivity index (χ0n) is 15.2. The number of carbonyl (C=O) groups is 2. The summed E-state index contributed by atoms with van der Waals surface area (Å²) in [5.74, 6) is 0.513. The number of benzene rings is 2. The third kappa shape index (κ3) is 4.40. The number of hydrogen-bond acceptors (Lipinski definition) is 5. The van der Waals surface area contributed by atoms with Crippen molar-refractivity contribution in [3.63, 3.8) is 0 Å². The maximum atomic E-state index is 12.7. The molecule has 0 spiro atoms. The summed E-state index contributed by atoms with van der Waals surface area (Å²) in [6.07, 6.45) is 0.862. The second-order valence-electron chi connectivity index (χ2n) is 6.23. The van der Waals surface area contributed by atoms with E-state index in [4.69, 9.17) is 21.1 Å². The minimum atomic E-state index is -0.540. The van der Waals surface area contributed by atoms with Crippen LogP contribution in [0.5, 0.6) is 11.5 Å². The smallest absolute Gasteiger partial charge is 0.251 e. The van der Waals surface area contributed by atoms with Crippen molar-refractivity contribution < 1.29 is 19.1 Å². The zero-order chi connectivity index (χ0) is 19.4. The largest absolute Gasteiger partial charge is 0.497 e. The second-order valence-corrected chi connectivity index (χ2v) is 6.66. The Balaban J connectivity index is 1.67. The fraction of sp³-hybridized carbons (Fsp3) is 0.300. The molecule has 0 aromatic heterocycles. The molecule has 142 valence electrons. The van der Waals surface area contributed by atoms with Gasteiger partial charge in [-0.1, -0.05) is 23.7 Å². The van der Waals surface area contributed by atoms with Crippen molar-refractivity contribution in [3.8, 4) is 11.5 Å². The third-order valence-corrected chi connectivity index (χ3v) is 4.71. The summed E-state index contributed by atoms with van der Waals surface area (Å²) >= 11 is 5.88. The lowest BCUT2D eigenvalue weighted by Gasteiger charge is -2.17. The normalized spacial score (nSPS) is 16.7. The molecule has 2 aromatic rings. The number of rotatable bonds is 7. The Morgan fingerprint density at radius 2 is 1.70 bits per heavy atom. The highest BCUT2D eigenvalue weighted by Gasteiger charge is 2.39. The first kappa shape index (κ1) is 19.2. The highest BCUT2D eigenvalue weighted by molar-refractivity contribution is 6.30. The summed E-state index contributed by atoms with van der Waals surface area (Å²) < 4.78 is 10.4. The van der Waals surface area contributed by atoms with Gasteiger partial charge in [0.25, 0.3) is 5.91 Å². The molecular weight excluding hydrogens is 368 g/mol. The van der Waals surface area contributed by atoms with Crippen LogP contribution in [0.4, 0.5) is 5.69 Å². The molecule has 0 bridgehead atoms. The van der Waals surface area contributed by atoms with Gasteiger partial charge in [-0.3, -0.25) is 9.59 Å². The van der Waals surface area contributed by atoms with Crippen LogP contribution in [0.1, 0.15) is 12.0 Å². The first-order chi connectivity index (χ1) is 13.0. The van der Waals surface area contributed by atoms with Crippen molar-refractivity contribution in [2.75, 3.05) is 25.7 Å². The van der Waals surface area contributed by atoms with Crippen molar-refractivity contribution in [2.45, 2.75) is 18.9 Å². The average Bonchev–Trinajstić information content (AvgIpc) is 2.96. The van der Waals surface area contributed by atoms with Crippen LogP contribution in [0.15, 0.2) is 42.5 Å². The molecule has 0 aliphatic carbocycles. The van der Waals surface area contributed by atoms with E-state index in [1.807, 2.05) is 24.3 Å². The van der Waals surface area contributed by atoms with Crippen LogP contribution >= 0.6 is 11.6 Å². The molecule has 1 saturated heterocycles. The molecule has 2 aromatic carbocycles. The van der Waals surface area contributed by atoms with E-state index in [1.165, 1.54) is 19.1 Å².